The summed E-state index contributed by atoms with van der Waals surface area (Å²) in [6.07, 6.45) is 2.01. The van der Waals surface area contributed by atoms with Crippen molar-refractivity contribution in [3.8, 4) is 17.5 Å². The first-order valence-corrected chi connectivity index (χ1v) is 10.2. The Balaban J connectivity index is 0.000000614. The van der Waals surface area contributed by atoms with Crippen molar-refractivity contribution in [3.05, 3.63) is 59.0 Å². The number of aromatic nitrogens is 2. The lowest BCUT2D eigenvalue weighted by atomic mass is 9.80. The minimum Gasteiger partial charge on any atom is -0.445 e. The Morgan fingerprint density at radius 2 is 1.84 bits per heavy atom. The van der Waals surface area contributed by atoms with Gasteiger partial charge in [0.2, 0.25) is 18.2 Å². The van der Waals surface area contributed by atoms with Crippen LogP contribution < -0.4 is 5.73 Å². The summed E-state index contributed by atoms with van der Waals surface area (Å²) >= 11 is 0. The number of aliphatic imine (C=N–C) groups is 1. The highest BCUT2D eigenvalue weighted by Gasteiger charge is 2.33. The molecule has 2 N–H and O–H groups in total. The highest BCUT2D eigenvalue weighted by Crippen LogP contribution is 2.40. The monoisotopic (exact) mass is 421 g/mol. The van der Waals surface area contributed by atoms with Gasteiger partial charge < -0.3 is 14.9 Å². The Morgan fingerprint density at radius 3 is 2.29 bits per heavy atom. The molecule has 7 nitrogen and oxygen atoms in total. The molecule has 1 aromatic heterocycles. The molecule has 0 aliphatic carbocycles. The molecule has 1 atom stereocenters. The lowest BCUT2D eigenvalue weighted by Crippen LogP contribution is -2.24. The van der Waals surface area contributed by atoms with Gasteiger partial charge in [0.15, 0.2) is 0 Å². The van der Waals surface area contributed by atoms with E-state index in [0.29, 0.717) is 22.6 Å². The lowest BCUT2D eigenvalue weighted by molar-refractivity contribution is 0.283. The van der Waals surface area contributed by atoms with Gasteiger partial charge >= 0.3 is 0 Å². The molecule has 2 aromatic rings. The van der Waals surface area contributed by atoms with Crippen molar-refractivity contribution >= 4 is 5.71 Å². The van der Waals surface area contributed by atoms with Crippen LogP contribution in [-0.4, -0.2) is 23.0 Å². The van der Waals surface area contributed by atoms with Crippen LogP contribution >= 0.6 is 0 Å². The SMILES string of the molecule is CC(C)(C)C.CCC(=NC)C1=C(C)OC(N)=C(C#N)C1c1ccc(-c2nnco2)cc1. The van der Waals surface area contributed by atoms with Crippen molar-refractivity contribution in [1.29, 1.82) is 5.26 Å². The van der Waals surface area contributed by atoms with Gasteiger partial charge in [0.25, 0.3) is 0 Å². The predicted octanol–water partition coefficient (Wildman–Crippen LogP) is 5.35. The van der Waals surface area contributed by atoms with Crippen molar-refractivity contribution in [1.82, 2.24) is 10.2 Å². The summed E-state index contributed by atoms with van der Waals surface area (Å²) in [7, 11) is 1.74. The largest absolute Gasteiger partial charge is 0.445 e. The molecule has 1 aromatic carbocycles. The number of nitrogens with two attached hydrogens (primary N) is 1. The molecule has 7 heteroatoms. The van der Waals surface area contributed by atoms with E-state index in [9.17, 15) is 5.26 Å². The lowest BCUT2D eigenvalue weighted by Gasteiger charge is -2.28. The van der Waals surface area contributed by atoms with Gasteiger partial charge in [-0.2, -0.15) is 5.26 Å². The first-order chi connectivity index (χ1) is 14.6. The number of rotatable bonds is 4. The summed E-state index contributed by atoms with van der Waals surface area (Å²) in [6.45, 7) is 12.6. The van der Waals surface area contributed by atoms with E-state index in [0.717, 1.165) is 28.8 Å². The Bertz CT molecular complexity index is 1010. The molecule has 164 valence electrons. The van der Waals surface area contributed by atoms with Crippen molar-refractivity contribution in [3.63, 3.8) is 0 Å². The zero-order valence-electron chi connectivity index (χ0n) is 19.4. The molecule has 0 radical (unpaired) electrons. The predicted molar refractivity (Wildman–Crippen MR) is 122 cm³/mol. The zero-order chi connectivity index (χ0) is 23.2. The van der Waals surface area contributed by atoms with Crippen LogP contribution in [0.3, 0.4) is 0 Å². The molecule has 1 unspecified atom stereocenters. The van der Waals surface area contributed by atoms with Crippen molar-refractivity contribution in [2.24, 2.45) is 16.1 Å². The van der Waals surface area contributed by atoms with E-state index >= 15 is 0 Å². The van der Waals surface area contributed by atoms with Gasteiger partial charge in [-0.3, -0.25) is 4.99 Å². The van der Waals surface area contributed by atoms with E-state index in [4.69, 9.17) is 14.9 Å². The maximum Gasteiger partial charge on any atom is 0.247 e. The molecule has 0 bridgehead atoms. The van der Waals surface area contributed by atoms with Crippen molar-refractivity contribution in [2.45, 2.75) is 53.9 Å². The van der Waals surface area contributed by atoms with Gasteiger partial charge in [0, 0.05) is 23.9 Å². The van der Waals surface area contributed by atoms with Crippen LogP contribution in [0.1, 0.15) is 59.4 Å². The van der Waals surface area contributed by atoms with Crippen LogP contribution in [0.2, 0.25) is 0 Å². The highest BCUT2D eigenvalue weighted by atomic mass is 16.5. The molecule has 0 saturated carbocycles. The Kier molecular flexibility index (Phi) is 7.76. The molecular formula is C24H31N5O2. The number of hydrogen-bond acceptors (Lipinski definition) is 7. The van der Waals surface area contributed by atoms with Gasteiger partial charge in [0.1, 0.15) is 17.4 Å². The number of nitriles is 1. The number of benzene rings is 1. The smallest absolute Gasteiger partial charge is 0.247 e. The third-order valence-electron chi connectivity index (χ3n) is 4.37. The average Bonchev–Trinajstić information content (AvgIpc) is 3.23. The topological polar surface area (TPSA) is 110 Å². The maximum atomic E-state index is 9.67. The van der Waals surface area contributed by atoms with E-state index in [1.807, 2.05) is 38.1 Å². The standard InChI is InChI=1S/C19H19N5O2.C5H12/c1-4-15(22-3)16-11(2)26-18(21)14(9-20)17(16)12-5-7-13(8-6-12)19-24-23-10-25-19;1-5(2,3)4/h5-8,10,17H,4,21H2,1-3H3;1-4H3. The third kappa shape index (κ3) is 6.05. The molecule has 0 fully saturated rings. The fourth-order valence-corrected chi connectivity index (χ4v) is 3.17. The van der Waals surface area contributed by atoms with E-state index in [-0.39, 0.29) is 11.8 Å². The van der Waals surface area contributed by atoms with E-state index in [1.54, 1.807) is 7.05 Å². The second-order valence-electron chi connectivity index (χ2n) is 8.78. The highest BCUT2D eigenvalue weighted by molar-refractivity contribution is 6.02. The minimum absolute atomic E-state index is 0.131. The molecule has 31 heavy (non-hydrogen) atoms. The quantitative estimate of drug-likeness (QED) is 0.666. The number of ether oxygens (including phenoxy) is 1. The van der Waals surface area contributed by atoms with E-state index in [2.05, 4.69) is 49.0 Å². The summed E-state index contributed by atoms with van der Waals surface area (Å²) in [4.78, 5) is 4.38. The number of allylic oxidation sites excluding steroid dienone is 3. The summed E-state index contributed by atoms with van der Waals surface area (Å²) in [5.41, 5.74) is 10.4. The number of hydrogen-bond donors (Lipinski definition) is 1. The van der Waals surface area contributed by atoms with Crippen molar-refractivity contribution in [2.75, 3.05) is 7.05 Å². The fourth-order valence-electron chi connectivity index (χ4n) is 3.17. The number of nitrogens with zero attached hydrogens (tertiary/aromatic N) is 4. The van der Waals surface area contributed by atoms with Crippen LogP contribution in [0.5, 0.6) is 0 Å². The van der Waals surface area contributed by atoms with Gasteiger partial charge in [0.05, 0.1) is 5.92 Å². The van der Waals surface area contributed by atoms with Gasteiger partial charge in [-0.05, 0) is 36.5 Å². The Labute approximate surface area is 184 Å². The summed E-state index contributed by atoms with van der Waals surface area (Å²) in [6, 6.07) is 9.81. The van der Waals surface area contributed by atoms with Crippen LogP contribution in [0.15, 0.2) is 62.9 Å². The van der Waals surface area contributed by atoms with Gasteiger partial charge in [-0.1, -0.05) is 46.8 Å². The van der Waals surface area contributed by atoms with Gasteiger partial charge in [-0.25, -0.2) is 0 Å². The fraction of sp³-hybridized carbons (Fsp3) is 0.417. The van der Waals surface area contributed by atoms with Crippen molar-refractivity contribution < 1.29 is 9.15 Å². The molecule has 2 heterocycles. The molecule has 0 saturated heterocycles. The summed E-state index contributed by atoms with van der Waals surface area (Å²) < 4.78 is 10.8. The second kappa shape index (κ2) is 10.1. The molecule has 1 aliphatic heterocycles. The van der Waals surface area contributed by atoms with Gasteiger partial charge in [-0.15, -0.1) is 10.2 Å². The maximum absolute atomic E-state index is 9.67. The summed E-state index contributed by atoms with van der Waals surface area (Å²) in [5.74, 6) is 0.903. The zero-order valence-corrected chi connectivity index (χ0v) is 19.4. The van der Waals surface area contributed by atoms with Crippen LogP contribution in [0.4, 0.5) is 0 Å². The van der Waals surface area contributed by atoms with Crippen LogP contribution in [0.25, 0.3) is 11.5 Å². The second-order valence-corrected chi connectivity index (χ2v) is 8.78. The molecular weight excluding hydrogens is 390 g/mol. The minimum atomic E-state index is -0.330. The van der Waals surface area contributed by atoms with Crippen LogP contribution in [-0.2, 0) is 4.74 Å². The summed E-state index contributed by atoms with van der Waals surface area (Å²) in [5, 5.41) is 17.3. The first kappa shape index (κ1) is 23.9. The molecule has 0 spiro atoms. The third-order valence-corrected chi connectivity index (χ3v) is 4.37. The van der Waals surface area contributed by atoms with E-state index < -0.39 is 0 Å². The average molecular weight is 422 g/mol. The van der Waals surface area contributed by atoms with E-state index in [1.165, 1.54) is 6.39 Å². The molecule has 3 rings (SSSR count). The Hall–Kier alpha value is -3.40. The molecule has 0 amide bonds. The van der Waals surface area contributed by atoms with Crippen LogP contribution in [0, 0.1) is 16.7 Å². The Morgan fingerprint density at radius 1 is 1.23 bits per heavy atom. The normalized spacial score (nSPS) is 17.0. The molecule has 1 aliphatic rings. The first-order valence-electron chi connectivity index (χ1n) is 10.2.